The maximum atomic E-state index is 12.7. The van der Waals surface area contributed by atoms with Gasteiger partial charge in [0.2, 0.25) is 0 Å². The molecule has 8 heteroatoms. The number of amides is 1. The number of ether oxygens (including phenoxy) is 1. The van der Waals surface area contributed by atoms with Gasteiger partial charge in [0, 0.05) is 6.54 Å². The third-order valence-electron chi connectivity index (χ3n) is 4.25. The summed E-state index contributed by atoms with van der Waals surface area (Å²) in [6.07, 6.45) is 0. The molecule has 27 heavy (non-hydrogen) atoms. The van der Waals surface area contributed by atoms with Crippen LogP contribution in [0.5, 0.6) is 5.75 Å². The maximum Gasteiger partial charge on any atom is 0.265 e. The van der Waals surface area contributed by atoms with Gasteiger partial charge in [0.1, 0.15) is 16.3 Å². The number of hydrogen-bond acceptors (Lipinski definition) is 5. The van der Waals surface area contributed by atoms with Gasteiger partial charge in [-0.15, -0.1) is 0 Å². The van der Waals surface area contributed by atoms with E-state index in [2.05, 4.69) is 10.3 Å². The van der Waals surface area contributed by atoms with E-state index in [0.29, 0.717) is 31.9 Å². The summed E-state index contributed by atoms with van der Waals surface area (Å²) in [5, 5.41) is 3.41. The van der Waals surface area contributed by atoms with Crippen LogP contribution < -0.4 is 15.6 Å². The van der Waals surface area contributed by atoms with Gasteiger partial charge in [-0.25, -0.2) is 0 Å². The molecule has 0 unspecified atom stereocenters. The number of methoxy groups -OCH3 is 1. The van der Waals surface area contributed by atoms with Crippen molar-refractivity contribution >= 4 is 46.0 Å². The number of thiazole rings is 1. The summed E-state index contributed by atoms with van der Waals surface area (Å²) >= 11 is 6.61. The molecule has 2 aromatic heterocycles. The number of benzene rings is 2. The minimum atomic E-state index is -0.282. The largest absolute Gasteiger partial charge is 0.497 e. The molecule has 0 fully saturated rings. The van der Waals surface area contributed by atoms with Crippen molar-refractivity contribution in [1.82, 2.24) is 14.7 Å². The number of nitrogens with zero attached hydrogens (tertiary/aromatic N) is 1. The van der Waals surface area contributed by atoms with Crippen molar-refractivity contribution in [2.24, 2.45) is 0 Å². The van der Waals surface area contributed by atoms with Crippen LogP contribution in [-0.2, 0) is 6.54 Å². The van der Waals surface area contributed by atoms with Crippen molar-refractivity contribution in [3.8, 4) is 5.75 Å². The van der Waals surface area contributed by atoms with Crippen LogP contribution in [0.25, 0.3) is 16.6 Å². The molecule has 2 heterocycles. The molecule has 0 aliphatic rings. The van der Waals surface area contributed by atoms with E-state index in [1.54, 1.807) is 23.6 Å². The highest BCUT2D eigenvalue weighted by Gasteiger charge is 2.17. The number of rotatable bonds is 4. The number of aromatic nitrogens is 2. The predicted octanol–water partition coefficient (Wildman–Crippen LogP) is 3.51. The van der Waals surface area contributed by atoms with E-state index in [1.165, 1.54) is 11.3 Å². The second-order valence-corrected chi connectivity index (χ2v) is 7.53. The number of nitrogens with one attached hydrogen (secondary N) is 2. The van der Waals surface area contributed by atoms with Crippen LogP contribution in [0.2, 0.25) is 0 Å². The van der Waals surface area contributed by atoms with Gasteiger partial charge >= 0.3 is 0 Å². The summed E-state index contributed by atoms with van der Waals surface area (Å²) in [6, 6.07) is 14.6. The number of aromatic amines is 1. The SMILES string of the molecule is COc1ccc(CNC(=O)c2sc(=S)n3c2[nH]c(=O)c2ccccc23)cc1. The summed E-state index contributed by atoms with van der Waals surface area (Å²) in [7, 11) is 1.60. The lowest BCUT2D eigenvalue weighted by Gasteiger charge is -2.06. The lowest BCUT2D eigenvalue weighted by molar-refractivity contribution is 0.0956. The van der Waals surface area contributed by atoms with E-state index in [9.17, 15) is 9.59 Å². The molecule has 0 atom stereocenters. The quantitative estimate of drug-likeness (QED) is 0.517. The summed E-state index contributed by atoms with van der Waals surface area (Å²) in [4.78, 5) is 28.3. The van der Waals surface area contributed by atoms with Gasteiger partial charge in [0.15, 0.2) is 3.95 Å². The zero-order valence-corrected chi connectivity index (χ0v) is 15.9. The van der Waals surface area contributed by atoms with Gasteiger partial charge in [-0.2, -0.15) is 0 Å². The van der Waals surface area contributed by atoms with Crippen molar-refractivity contribution in [1.29, 1.82) is 0 Å². The Labute approximate surface area is 163 Å². The Morgan fingerprint density at radius 3 is 2.70 bits per heavy atom. The monoisotopic (exact) mass is 397 g/mol. The van der Waals surface area contributed by atoms with Crippen molar-refractivity contribution in [2.45, 2.75) is 6.54 Å². The highest BCUT2D eigenvalue weighted by molar-refractivity contribution is 7.73. The molecule has 4 aromatic rings. The van der Waals surface area contributed by atoms with Crippen LogP contribution in [0.15, 0.2) is 53.3 Å². The molecule has 0 saturated heterocycles. The van der Waals surface area contributed by atoms with Gasteiger partial charge in [-0.3, -0.25) is 14.0 Å². The predicted molar refractivity (Wildman–Crippen MR) is 108 cm³/mol. The number of hydrogen-bond donors (Lipinski definition) is 2. The Morgan fingerprint density at radius 1 is 1.22 bits per heavy atom. The molecule has 2 N–H and O–H groups in total. The van der Waals surface area contributed by atoms with E-state index in [-0.39, 0.29) is 11.5 Å². The van der Waals surface area contributed by atoms with Crippen LogP contribution in [0.3, 0.4) is 0 Å². The molecule has 4 rings (SSSR count). The molecular formula is C19H15N3O3S2. The van der Waals surface area contributed by atoms with Crippen molar-refractivity contribution in [3.05, 3.63) is 73.3 Å². The van der Waals surface area contributed by atoms with E-state index in [0.717, 1.165) is 11.3 Å². The number of H-pyrrole nitrogens is 1. The summed E-state index contributed by atoms with van der Waals surface area (Å²) in [6.45, 7) is 0.359. The standard InChI is InChI=1S/C19H15N3O3S2/c1-25-12-8-6-11(7-9-12)10-20-18(24)15-16-21-17(23)13-4-2-3-5-14(13)22(16)19(26)27-15/h2-9H,10H2,1H3,(H,20,24)(H,21,23). The molecular weight excluding hydrogens is 382 g/mol. The number of carbonyl (C=O) groups excluding carboxylic acids is 1. The number of para-hydroxylation sites is 1. The average molecular weight is 397 g/mol. The zero-order valence-electron chi connectivity index (χ0n) is 14.3. The van der Waals surface area contributed by atoms with Crippen LogP contribution in [0, 0.1) is 3.95 Å². The fourth-order valence-corrected chi connectivity index (χ4v) is 4.20. The molecule has 0 spiro atoms. The fourth-order valence-electron chi connectivity index (χ4n) is 2.90. The molecule has 0 saturated carbocycles. The van der Waals surface area contributed by atoms with Crippen molar-refractivity contribution in [2.75, 3.05) is 7.11 Å². The molecule has 0 radical (unpaired) electrons. The van der Waals surface area contributed by atoms with Crippen LogP contribution >= 0.6 is 23.6 Å². The van der Waals surface area contributed by atoms with Gasteiger partial charge in [0.05, 0.1) is 18.0 Å². The Bertz CT molecular complexity index is 1270. The molecule has 2 aromatic carbocycles. The van der Waals surface area contributed by atoms with E-state index in [1.807, 2.05) is 36.4 Å². The Balaban J connectivity index is 1.70. The van der Waals surface area contributed by atoms with Gasteiger partial charge in [0.25, 0.3) is 11.5 Å². The molecule has 0 aliphatic carbocycles. The Kier molecular flexibility index (Phi) is 4.51. The smallest absolute Gasteiger partial charge is 0.265 e. The lowest BCUT2D eigenvalue weighted by Crippen LogP contribution is -2.23. The molecule has 6 nitrogen and oxygen atoms in total. The normalized spacial score (nSPS) is 11.0. The molecule has 136 valence electrons. The number of carbonyl (C=O) groups is 1. The summed E-state index contributed by atoms with van der Waals surface area (Å²) in [5.41, 5.74) is 1.80. The second kappa shape index (κ2) is 6.98. The van der Waals surface area contributed by atoms with Crippen LogP contribution in [0.4, 0.5) is 0 Å². The van der Waals surface area contributed by atoms with Gasteiger partial charge in [-0.1, -0.05) is 35.6 Å². The minimum absolute atomic E-state index is 0.248. The average Bonchev–Trinajstić information content (AvgIpc) is 3.03. The summed E-state index contributed by atoms with van der Waals surface area (Å²) < 4.78 is 7.37. The molecule has 0 aliphatic heterocycles. The highest BCUT2D eigenvalue weighted by Crippen LogP contribution is 2.22. The Morgan fingerprint density at radius 2 is 1.96 bits per heavy atom. The first-order valence-corrected chi connectivity index (χ1v) is 9.38. The van der Waals surface area contributed by atoms with Crippen LogP contribution in [-0.4, -0.2) is 22.4 Å². The zero-order chi connectivity index (χ0) is 19.0. The van der Waals surface area contributed by atoms with Crippen molar-refractivity contribution < 1.29 is 9.53 Å². The third kappa shape index (κ3) is 3.13. The maximum absolute atomic E-state index is 12.7. The molecule has 0 bridgehead atoms. The second-order valence-electron chi connectivity index (χ2n) is 5.88. The van der Waals surface area contributed by atoms with Gasteiger partial charge in [-0.05, 0) is 42.0 Å². The first kappa shape index (κ1) is 17.4. The first-order valence-electron chi connectivity index (χ1n) is 8.16. The lowest BCUT2D eigenvalue weighted by atomic mass is 10.2. The van der Waals surface area contributed by atoms with Gasteiger partial charge < -0.3 is 15.0 Å². The molecule has 1 amide bonds. The van der Waals surface area contributed by atoms with E-state index in [4.69, 9.17) is 17.0 Å². The Hall–Kier alpha value is -2.97. The highest BCUT2D eigenvalue weighted by atomic mass is 32.1. The van der Waals surface area contributed by atoms with E-state index >= 15 is 0 Å². The number of fused-ring (bicyclic) bond motifs is 3. The minimum Gasteiger partial charge on any atom is -0.497 e. The summed E-state index contributed by atoms with van der Waals surface area (Å²) in [5.74, 6) is 0.473. The topological polar surface area (TPSA) is 75.6 Å². The first-order chi connectivity index (χ1) is 13.1. The fraction of sp³-hybridized carbons (Fsp3) is 0.105. The van der Waals surface area contributed by atoms with Crippen LogP contribution in [0.1, 0.15) is 15.2 Å². The van der Waals surface area contributed by atoms with E-state index < -0.39 is 0 Å². The van der Waals surface area contributed by atoms with Crippen molar-refractivity contribution in [3.63, 3.8) is 0 Å². The third-order valence-corrected chi connectivity index (χ3v) is 5.62.